The second kappa shape index (κ2) is 8.12. The molecule has 0 spiro atoms. The van der Waals surface area contributed by atoms with E-state index in [1.807, 2.05) is 6.07 Å². The maximum absolute atomic E-state index is 13.7. The van der Waals surface area contributed by atoms with E-state index in [0.717, 1.165) is 5.56 Å². The minimum atomic E-state index is -0.318. The molecule has 148 valence electrons. The number of aryl methyl sites for hydroxylation is 2. The number of carbonyl (C=O) groups excluding carboxylic acids is 1. The molecule has 1 saturated heterocycles. The van der Waals surface area contributed by atoms with Gasteiger partial charge in [-0.2, -0.15) is 5.10 Å². The summed E-state index contributed by atoms with van der Waals surface area (Å²) in [6.07, 6.45) is 3.42. The summed E-state index contributed by atoms with van der Waals surface area (Å²) < 4.78 is 21.0. The van der Waals surface area contributed by atoms with E-state index in [9.17, 15) is 9.18 Å². The highest BCUT2D eigenvalue weighted by Gasteiger charge is 2.32. The van der Waals surface area contributed by atoms with E-state index < -0.39 is 0 Å². The van der Waals surface area contributed by atoms with Crippen LogP contribution in [0, 0.1) is 12.7 Å². The maximum Gasteiger partial charge on any atom is 0.276 e. The van der Waals surface area contributed by atoms with Crippen molar-refractivity contribution in [2.24, 2.45) is 7.05 Å². The standard InChI is InChI=1S/C19H20FN5O2.ClH/c1-12-17(23-18(27-12)14-9-22-24(2)11-14)19(26)25-7-6-21-10-16(25)13-4-3-5-15(20)8-13;/h3-5,8-9,11,16,21H,6-7,10H2,1-2H3;1H. The highest BCUT2D eigenvalue weighted by atomic mass is 35.5. The Hall–Kier alpha value is -2.71. The molecule has 9 heteroatoms. The van der Waals surface area contributed by atoms with Crippen molar-refractivity contribution < 1.29 is 13.6 Å². The van der Waals surface area contributed by atoms with Crippen molar-refractivity contribution >= 4 is 18.3 Å². The van der Waals surface area contributed by atoms with Crippen molar-refractivity contribution in [2.75, 3.05) is 19.6 Å². The van der Waals surface area contributed by atoms with Gasteiger partial charge >= 0.3 is 0 Å². The zero-order valence-electron chi connectivity index (χ0n) is 15.6. The lowest BCUT2D eigenvalue weighted by molar-refractivity contribution is 0.0626. The first kappa shape index (κ1) is 20.0. The zero-order chi connectivity index (χ0) is 19.0. The lowest BCUT2D eigenvalue weighted by atomic mass is 10.0. The fraction of sp³-hybridized carbons (Fsp3) is 0.316. The number of hydrogen-bond acceptors (Lipinski definition) is 5. The Kier molecular flexibility index (Phi) is 5.81. The molecule has 1 amide bonds. The molecule has 4 rings (SSSR count). The van der Waals surface area contributed by atoms with E-state index in [4.69, 9.17) is 4.42 Å². The molecule has 1 aliphatic rings. The SMILES string of the molecule is Cc1oc(-c2cnn(C)c2)nc1C(=O)N1CCNCC1c1cccc(F)c1.Cl. The summed E-state index contributed by atoms with van der Waals surface area (Å²) in [4.78, 5) is 19.3. The molecule has 3 aromatic rings. The van der Waals surface area contributed by atoms with Gasteiger partial charge < -0.3 is 14.6 Å². The van der Waals surface area contributed by atoms with Crippen molar-refractivity contribution in [1.29, 1.82) is 0 Å². The van der Waals surface area contributed by atoms with Gasteiger partial charge in [-0.25, -0.2) is 9.37 Å². The Morgan fingerprint density at radius 2 is 2.21 bits per heavy atom. The van der Waals surface area contributed by atoms with E-state index in [0.29, 0.717) is 36.8 Å². The van der Waals surface area contributed by atoms with Gasteiger partial charge in [-0.05, 0) is 24.6 Å². The maximum atomic E-state index is 13.7. The number of benzene rings is 1. The van der Waals surface area contributed by atoms with Crippen molar-refractivity contribution in [3.63, 3.8) is 0 Å². The highest BCUT2D eigenvalue weighted by Crippen LogP contribution is 2.27. The number of aromatic nitrogens is 3. The molecule has 28 heavy (non-hydrogen) atoms. The molecule has 0 bridgehead atoms. The first-order chi connectivity index (χ1) is 13.0. The number of hydrogen-bond donors (Lipinski definition) is 1. The van der Waals surface area contributed by atoms with Gasteiger partial charge in [0.25, 0.3) is 5.91 Å². The molecule has 1 N–H and O–H groups in total. The molecule has 3 heterocycles. The molecule has 1 fully saturated rings. The molecule has 1 aliphatic heterocycles. The van der Waals surface area contributed by atoms with Gasteiger partial charge in [0.05, 0.1) is 17.8 Å². The Balaban J connectivity index is 0.00000225. The van der Waals surface area contributed by atoms with Gasteiger partial charge in [0.2, 0.25) is 5.89 Å². The predicted molar refractivity (Wildman–Crippen MR) is 104 cm³/mol. The third-order valence-electron chi connectivity index (χ3n) is 4.69. The first-order valence-corrected chi connectivity index (χ1v) is 8.76. The molecule has 7 nitrogen and oxygen atoms in total. The topological polar surface area (TPSA) is 76.2 Å². The predicted octanol–water partition coefficient (Wildman–Crippen LogP) is 2.73. The fourth-order valence-electron chi connectivity index (χ4n) is 3.35. The van der Waals surface area contributed by atoms with Gasteiger partial charge in [-0.1, -0.05) is 12.1 Å². The van der Waals surface area contributed by atoms with Crippen LogP contribution >= 0.6 is 12.4 Å². The second-order valence-electron chi connectivity index (χ2n) is 6.60. The van der Waals surface area contributed by atoms with E-state index in [1.165, 1.54) is 12.1 Å². The molecule has 0 saturated carbocycles. The Labute approximate surface area is 168 Å². The summed E-state index contributed by atoms with van der Waals surface area (Å²) in [6, 6.07) is 6.09. The number of halogens is 2. The average Bonchev–Trinajstić information content (AvgIpc) is 3.27. The van der Waals surface area contributed by atoms with Crippen LogP contribution in [0.3, 0.4) is 0 Å². The molecule has 1 unspecified atom stereocenters. The number of nitrogens with zero attached hydrogens (tertiary/aromatic N) is 4. The normalized spacial score (nSPS) is 16.7. The van der Waals surface area contributed by atoms with Crippen LogP contribution in [0.25, 0.3) is 11.5 Å². The van der Waals surface area contributed by atoms with E-state index >= 15 is 0 Å². The number of rotatable bonds is 3. The monoisotopic (exact) mass is 405 g/mol. The second-order valence-corrected chi connectivity index (χ2v) is 6.60. The summed E-state index contributed by atoms with van der Waals surface area (Å²) in [7, 11) is 1.80. The molecule has 1 aromatic carbocycles. The van der Waals surface area contributed by atoms with Crippen molar-refractivity contribution in [1.82, 2.24) is 25.0 Å². The lowest BCUT2D eigenvalue weighted by Crippen LogP contribution is -2.49. The van der Waals surface area contributed by atoms with Crippen molar-refractivity contribution in [3.05, 3.63) is 59.5 Å². The van der Waals surface area contributed by atoms with Gasteiger partial charge in [0.1, 0.15) is 11.6 Å². The minimum Gasteiger partial charge on any atom is -0.440 e. The van der Waals surface area contributed by atoms with Gasteiger partial charge in [0, 0.05) is 32.9 Å². The Morgan fingerprint density at radius 3 is 2.93 bits per heavy atom. The molecular formula is C19H21ClFN5O2. The highest BCUT2D eigenvalue weighted by molar-refractivity contribution is 5.94. The van der Waals surface area contributed by atoms with E-state index in [1.54, 1.807) is 42.0 Å². The molecule has 2 aromatic heterocycles. The van der Waals surface area contributed by atoms with Crippen molar-refractivity contribution in [3.8, 4) is 11.5 Å². The van der Waals surface area contributed by atoms with E-state index in [2.05, 4.69) is 15.4 Å². The number of amides is 1. The van der Waals surface area contributed by atoms with Gasteiger partial charge in [0.15, 0.2) is 5.69 Å². The van der Waals surface area contributed by atoms with Crippen molar-refractivity contribution in [2.45, 2.75) is 13.0 Å². The molecular weight excluding hydrogens is 385 g/mol. The number of oxazole rings is 1. The van der Waals surface area contributed by atoms with Gasteiger partial charge in [-0.15, -0.1) is 12.4 Å². The van der Waals surface area contributed by atoms with Crippen LogP contribution in [0.15, 0.2) is 41.1 Å². The smallest absolute Gasteiger partial charge is 0.276 e. The van der Waals surface area contributed by atoms with Crippen LogP contribution in [0.4, 0.5) is 4.39 Å². The van der Waals surface area contributed by atoms with Crippen LogP contribution in [0.2, 0.25) is 0 Å². The summed E-state index contributed by atoms with van der Waals surface area (Å²) in [5.41, 5.74) is 1.74. The zero-order valence-corrected chi connectivity index (χ0v) is 16.4. The molecule has 0 aliphatic carbocycles. The largest absolute Gasteiger partial charge is 0.440 e. The minimum absolute atomic E-state index is 0. The summed E-state index contributed by atoms with van der Waals surface area (Å²) >= 11 is 0. The summed E-state index contributed by atoms with van der Waals surface area (Å²) in [5, 5.41) is 7.37. The summed E-state index contributed by atoms with van der Waals surface area (Å²) in [5.74, 6) is 0.279. The third-order valence-corrected chi connectivity index (χ3v) is 4.69. The number of nitrogens with one attached hydrogen (secondary N) is 1. The van der Waals surface area contributed by atoms with Crippen LogP contribution in [0.5, 0.6) is 0 Å². The molecule has 1 atom stereocenters. The average molecular weight is 406 g/mol. The third kappa shape index (κ3) is 3.79. The van der Waals surface area contributed by atoms with E-state index in [-0.39, 0.29) is 35.9 Å². The van der Waals surface area contributed by atoms with Crippen LogP contribution < -0.4 is 5.32 Å². The number of carbonyl (C=O) groups is 1. The Morgan fingerprint density at radius 1 is 1.39 bits per heavy atom. The molecule has 0 radical (unpaired) electrons. The quantitative estimate of drug-likeness (QED) is 0.725. The summed E-state index contributed by atoms with van der Waals surface area (Å²) in [6.45, 7) is 3.46. The lowest BCUT2D eigenvalue weighted by Gasteiger charge is -2.36. The van der Waals surface area contributed by atoms with Gasteiger partial charge in [-0.3, -0.25) is 9.48 Å². The number of piperazine rings is 1. The fourth-order valence-corrected chi connectivity index (χ4v) is 3.35. The first-order valence-electron chi connectivity index (χ1n) is 8.76. The Bertz CT molecular complexity index is 986. The van der Waals surface area contributed by atoms with Crippen LogP contribution in [0.1, 0.15) is 27.9 Å². The van der Waals surface area contributed by atoms with Crippen LogP contribution in [-0.2, 0) is 7.05 Å². The van der Waals surface area contributed by atoms with Crippen LogP contribution in [-0.4, -0.2) is 45.2 Å².